The number of carbonyl (C=O) groups is 2. The highest BCUT2D eigenvalue weighted by atomic mass is 16.2. The van der Waals surface area contributed by atoms with Crippen LogP contribution in [0.4, 0.5) is 5.69 Å². The van der Waals surface area contributed by atoms with E-state index < -0.39 is 0 Å². The molecule has 4 heteroatoms. The maximum absolute atomic E-state index is 12.9. The molecule has 4 aromatic rings. The Labute approximate surface area is 217 Å². The summed E-state index contributed by atoms with van der Waals surface area (Å²) < 4.78 is 0. The van der Waals surface area contributed by atoms with Gasteiger partial charge in [-0.1, -0.05) is 97.9 Å². The van der Waals surface area contributed by atoms with Gasteiger partial charge in [-0.3, -0.25) is 9.59 Å². The summed E-state index contributed by atoms with van der Waals surface area (Å²) in [6.45, 7) is 2.19. The van der Waals surface area contributed by atoms with Crippen molar-refractivity contribution in [2.75, 3.05) is 5.32 Å². The van der Waals surface area contributed by atoms with Gasteiger partial charge in [0, 0.05) is 27.9 Å². The number of rotatable bonds is 6. The highest BCUT2D eigenvalue weighted by Gasteiger charge is 2.25. The molecule has 1 atom stereocenters. The highest BCUT2D eigenvalue weighted by Crippen LogP contribution is 2.33. The lowest BCUT2D eigenvalue weighted by Crippen LogP contribution is -2.27. The zero-order valence-corrected chi connectivity index (χ0v) is 20.6. The molecule has 0 bridgehead atoms. The van der Waals surface area contributed by atoms with E-state index in [9.17, 15) is 9.59 Å². The van der Waals surface area contributed by atoms with Crippen molar-refractivity contribution >= 4 is 17.5 Å². The number of amides is 2. The number of benzene rings is 4. The Kier molecular flexibility index (Phi) is 6.82. The minimum atomic E-state index is -0.266. The van der Waals surface area contributed by atoms with Crippen LogP contribution in [-0.4, -0.2) is 11.8 Å². The van der Waals surface area contributed by atoms with Crippen LogP contribution in [0.15, 0.2) is 133 Å². The van der Waals surface area contributed by atoms with Crippen molar-refractivity contribution in [3.63, 3.8) is 0 Å². The van der Waals surface area contributed by atoms with Gasteiger partial charge in [0.1, 0.15) is 0 Å². The van der Waals surface area contributed by atoms with Crippen molar-refractivity contribution in [3.05, 3.63) is 150 Å². The number of allylic oxidation sites excluding steroid dienone is 3. The molecule has 1 aliphatic carbocycles. The number of anilines is 1. The first-order chi connectivity index (χ1) is 18.0. The predicted octanol–water partition coefficient (Wildman–Crippen LogP) is 7.14. The smallest absolute Gasteiger partial charge is 0.255 e. The fourth-order valence-electron chi connectivity index (χ4n) is 4.44. The Balaban J connectivity index is 1.22. The van der Waals surface area contributed by atoms with Crippen LogP contribution in [0.5, 0.6) is 0 Å². The van der Waals surface area contributed by atoms with Crippen molar-refractivity contribution in [1.29, 1.82) is 0 Å². The number of hydrogen-bond acceptors (Lipinski definition) is 2. The number of carbonyl (C=O) groups excluding carboxylic acids is 2. The minimum absolute atomic E-state index is 0.104. The lowest BCUT2D eigenvalue weighted by Gasteiger charge is -2.28. The van der Waals surface area contributed by atoms with Crippen molar-refractivity contribution in [3.8, 4) is 11.1 Å². The molecule has 0 spiro atoms. The summed E-state index contributed by atoms with van der Waals surface area (Å²) in [5.41, 5.74) is 5.63. The van der Waals surface area contributed by atoms with Gasteiger partial charge in [-0.25, -0.2) is 0 Å². The second kappa shape index (κ2) is 10.5. The van der Waals surface area contributed by atoms with Crippen LogP contribution in [0, 0.1) is 0 Å². The third-order valence-electron chi connectivity index (χ3n) is 6.70. The monoisotopic (exact) mass is 484 g/mol. The van der Waals surface area contributed by atoms with Crippen LogP contribution in [0.1, 0.15) is 39.6 Å². The van der Waals surface area contributed by atoms with Crippen LogP contribution in [0.3, 0.4) is 0 Å². The molecule has 2 amide bonds. The highest BCUT2D eigenvalue weighted by molar-refractivity contribution is 6.06. The predicted molar refractivity (Wildman–Crippen MR) is 149 cm³/mol. The van der Waals surface area contributed by atoms with Gasteiger partial charge >= 0.3 is 0 Å². The van der Waals surface area contributed by atoms with Gasteiger partial charge in [0.15, 0.2) is 0 Å². The SMILES string of the molecule is CC1(c2ccccc2)C=CC(NC(=O)c2cccc(C(=O)Nc3ccc(-c4ccccc4)cc3)c2)=CC1. The van der Waals surface area contributed by atoms with Gasteiger partial charge in [0.2, 0.25) is 0 Å². The zero-order valence-electron chi connectivity index (χ0n) is 20.6. The molecule has 1 aliphatic rings. The first kappa shape index (κ1) is 24.0. The van der Waals surface area contributed by atoms with Gasteiger partial charge < -0.3 is 10.6 Å². The molecule has 2 N–H and O–H groups in total. The summed E-state index contributed by atoms with van der Waals surface area (Å²) in [5.74, 6) is -0.515. The normalized spacial score (nSPS) is 16.5. The van der Waals surface area contributed by atoms with E-state index in [4.69, 9.17) is 0 Å². The average molecular weight is 485 g/mol. The van der Waals surface area contributed by atoms with Gasteiger partial charge in [-0.05, 0) is 59.5 Å². The van der Waals surface area contributed by atoms with Crippen LogP contribution >= 0.6 is 0 Å². The molecule has 182 valence electrons. The molecule has 4 nitrogen and oxygen atoms in total. The van der Waals surface area contributed by atoms with Gasteiger partial charge in [-0.2, -0.15) is 0 Å². The second-order valence-corrected chi connectivity index (χ2v) is 9.41. The Bertz CT molecular complexity index is 1470. The van der Waals surface area contributed by atoms with Crippen molar-refractivity contribution in [2.45, 2.75) is 18.8 Å². The van der Waals surface area contributed by atoms with E-state index >= 15 is 0 Å². The summed E-state index contributed by atoms with van der Waals surface area (Å²) in [7, 11) is 0. The third kappa shape index (κ3) is 5.60. The fraction of sp³-hybridized carbons (Fsp3) is 0.0909. The molecule has 0 aromatic heterocycles. The van der Waals surface area contributed by atoms with Crippen molar-refractivity contribution in [1.82, 2.24) is 5.32 Å². The zero-order chi connectivity index (χ0) is 25.7. The van der Waals surface area contributed by atoms with Gasteiger partial charge in [0.05, 0.1) is 0 Å². The number of hydrogen-bond donors (Lipinski definition) is 2. The van der Waals surface area contributed by atoms with E-state index in [-0.39, 0.29) is 17.2 Å². The lowest BCUT2D eigenvalue weighted by atomic mass is 9.77. The Morgan fingerprint density at radius 1 is 0.676 bits per heavy atom. The average Bonchev–Trinajstić information content (AvgIpc) is 2.96. The van der Waals surface area contributed by atoms with Crippen LogP contribution in [0.25, 0.3) is 11.1 Å². The molecule has 37 heavy (non-hydrogen) atoms. The minimum Gasteiger partial charge on any atom is -0.322 e. The van der Waals surface area contributed by atoms with E-state index in [2.05, 4.69) is 35.8 Å². The molecule has 4 aromatic carbocycles. The van der Waals surface area contributed by atoms with E-state index in [1.807, 2.05) is 84.9 Å². The number of nitrogens with one attached hydrogen (secondary N) is 2. The van der Waals surface area contributed by atoms with Gasteiger partial charge in [-0.15, -0.1) is 0 Å². The fourth-order valence-corrected chi connectivity index (χ4v) is 4.44. The summed E-state index contributed by atoms with van der Waals surface area (Å²) in [4.78, 5) is 25.8. The largest absolute Gasteiger partial charge is 0.322 e. The summed E-state index contributed by atoms with van der Waals surface area (Å²) in [5, 5.41) is 5.88. The second-order valence-electron chi connectivity index (χ2n) is 9.41. The maximum atomic E-state index is 12.9. The maximum Gasteiger partial charge on any atom is 0.255 e. The Hall–Kier alpha value is -4.70. The van der Waals surface area contributed by atoms with Gasteiger partial charge in [0.25, 0.3) is 11.8 Å². The molecule has 0 radical (unpaired) electrons. The molecule has 0 fully saturated rings. The molecular formula is C33H28N2O2. The summed E-state index contributed by atoms with van der Waals surface area (Å²) in [6, 6.07) is 34.9. The molecule has 0 aliphatic heterocycles. The first-order valence-corrected chi connectivity index (χ1v) is 12.3. The molecule has 0 heterocycles. The van der Waals surface area contributed by atoms with Crippen LogP contribution < -0.4 is 10.6 Å². The van der Waals surface area contributed by atoms with Crippen molar-refractivity contribution in [2.24, 2.45) is 0 Å². The van der Waals surface area contributed by atoms with Crippen molar-refractivity contribution < 1.29 is 9.59 Å². The van der Waals surface area contributed by atoms with E-state index in [0.717, 1.165) is 23.2 Å². The lowest BCUT2D eigenvalue weighted by molar-refractivity contribution is 0.0966. The molecule has 5 rings (SSSR count). The van der Waals surface area contributed by atoms with E-state index in [1.165, 1.54) is 5.56 Å². The van der Waals surface area contributed by atoms with E-state index in [1.54, 1.807) is 24.3 Å². The third-order valence-corrected chi connectivity index (χ3v) is 6.70. The molecule has 0 saturated carbocycles. The van der Waals surface area contributed by atoms with Crippen LogP contribution in [0.2, 0.25) is 0 Å². The molecule has 1 unspecified atom stereocenters. The Morgan fingerprint density at radius 3 is 1.89 bits per heavy atom. The first-order valence-electron chi connectivity index (χ1n) is 12.3. The molecule has 0 saturated heterocycles. The topological polar surface area (TPSA) is 58.2 Å². The Morgan fingerprint density at radius 2 is 1.27 bits per heavy atom. The van der Waals surface area contributed by atoms with E-state index in [0.29, 0.717) is 16.8 Å². The molecular weight excluding hydrogens is 456 g/mol. The standard InChI is InChI=1S/C33H28N2O2/c1-33(28-13-6-3-7-14-28)21-19-30(20-22-33)35-32(37)27-12-8-11-26(23-27)31(36)34-29-17-15-25(16-18-29)24-9-4-2-5-10-24/h2-21,23H,22H2,1H3,(H,34,36)(H,35,37). The van der Waals surface area contributed by atoms with Crippen LogP contribution in [-0.2, 0) is 5.41 Å². The quantitative estimate of drug-likeness (QED) is 0.306. The summed E-state index contributed by atoms with van der Waals surface area (Å²) >= 11 is 0. The summed E-state index contributed by atoms with van der Waals surface area (Å²) in [6.07, 6.45) is 6.91.